The highest BCUT2D eigenvalue weighted by Gasteiger charge is 2.29. The number of aliphatic hydroxyl groups excluding tert-OH is 1. The molecule has 0 unspecified atom stereocenters. The summed E-state index contributed by atoms with van der Waals surface area (Å²) < 4.78 is 38.8. The standard InChI is InChI=1S/C12H14N2O5S/c1-13-11-7-10(15)8-5-3-4-6-9(8)12(14(11)2)19-20(16,17)18/h3-7,12H,1-2H3,(H2,13,15,16,17,18)/t12-/m1/s1. The minimum absolute atomic E-state index is 0.0498. The van der Waals surface area contributed by atoms with Crippen LogP contribution in [0.25, 0.3) is 5.76 Å². The molecule has 1 heterocycles. The molecular weight excluding hydrogens is 284 g/mol. The number of nitrogens with zero attached hydrogens (tertiary/aromatic N) is 1. The van der Waals surface area contributed by atoms with E-state index >= 15 is 0 Å². The summed E-state index contributed by atoms with van der Waals surface area (Å²) in [6, 6.07) is 6.56. The van der Waals surface area contributed by atoms with Crippen molar-refractivity contribution in [2.24, 2.45) is 0 Å². The summed E-state index contributed by atoms with van der Waals surface area (Å²) in [4.78, 5) is 0. The topological polar surface area (TPSA) is 102 Å². The second kappa shape index (κ2) is 5.23. The molecule has 8 heteroatoms. The smallest absolute Gasteiger partial charge is 0.275 e. The molecule has 0 amide bonds. The maximum Gasteiger partial charge on any atom is 0.275 e. The van der Waals surface area contributed by atoms with E-state index in [2.05, 4.69) is 9.50 Å². The van der Waals surface area contributed by atoms with Gasteiger partial charge in [0.25, 0.3) is 5.84 Å². The molecule has 0 spiro atoms. The monoisotopic (exact) mass is 298 g/mol. The number of benzene rings is 1. The Labute approximate surface area is 116 Å². The van der Waals surface area contributed by atoms with E-state index in [1.54, 1.807) is 38.4 Å². The first-order valence-corrected chi connectivity index (χ1v) is 7.08. The number of fused-ring (bicyclic) bond motifs is 1. The average Bonchev–Trinajstić information content (AvgIpc) is 2.48. The fraction of sp³-hybridized carbons (Fsp3) is 0.250. The minimum atomic E-state index is -4.90. The fourth-order valence-corrected chi connectivity index (χ4v) is 2.52. The van der Waals surface area contributed by atoms with Crippen molar-refractivity contribution in [2.75, 3.05) is 14.1 Å². The van der Waals surface area contributed by atoms with Gasteiger partial charge in [-0.1, -0.05) is 24.3 Å². The van der Waals surface area contributed by atoms with Gasteiger partial charge in [0.05, 0.1) is 20.2 Å². The number of amidine groups is 1. The Morgan fingerprint density at radius 3 is 2.65 bits per heavy atom. The Balaban J connectivity index is 2.66. The lowest BCUT2D eigenvalue weighted by molar-refractivity contribution is -0.585. The first-order valence-electron chi connectivity index (χ1n) is 5.75. The summed E-state index contributed by atoms with van der Waals surface area (Å²) in [6.45, 7) is 0. The van der Waals surface area contributed by atoms with Crippen LogP contribution in [0.3, 0.4) is 0 Å². The van der Waals surface area contributed by atoms with E-state index in [0.717, 1.165) is 0 Å². The van der Waals surface area contributed by atoms with Gasteiger partial charge >= 0.3 is 0 Å². The van der Waals surface area contributed by atoms with Crippen molar-refractivity contribution >= 4 is 22.0 Å². The van der Waals surface area contributed by atoms with Crippen LogP contribution in [-0.2, 0) is 14.6 Å². The van der Waals surface area contributed by atoms with Crippen LogP contribution in [0.15, 0.2) is 30.3 Å². The highest BCUT2D eigenvalue weighted by Crippen LogP contribution is 2.29. The van der Waals surface area contributed by atoms with Crippen LogP contribution in [-0.4, -0.2) is 42.6 Å². The first kappa shape index (κ1) is 14.5. The molecule has 1 aromatic carbocycles. The van der Waals surface area contributed by atoms with Crippen molar-refractivity contribution in [3.63, 3.8) is 0 Å². The molecule has 2 N–H and O–H groups in total. The van der Waals surface area contributed by atoms with Crippen LogP contribution in [0.1, 0.15) is 17.4 Å². The molecule has 0 fully saturated rings. The molecule has 0 saturated heterocycles. The van der Waals surface area contributed by atoms with E-state index in [0.29, 0.717) is 17.0 Å². The lowest BCUT2D eigenvalue weighted by atomic mass is 10.1. The average molecular weight is 298 g/mol. The lowest BCUT2D eigenvalue weighted by Gasteiger charge is -2.20. The fourth-order valence-electron chi connectivity index (χ4n) is 2.07. The van der Waals surface area contributed by atoms with Crippen molar-refractivity contribution in [2.45, 2.75) is 6.23 Å². The zero-order chi connectivity index (χ0) is 14.9. The molecule has 7 nitrogen and oxygen atoms in total. The summed E-state index contributed by atoms with van der Waals surface area (Å²) in [5.41, 5.74) is 0.784. The van der Waals surface area contributed by atoms with Gasteiger partial charge in [0, 0.05) is 11.1 Å². The Hall–Kier alpha value is -1.90. The molecule has 0 bridgehead atoms. The summed E-state index contributed by atoms with van der Waals surface area (Å²) >= 11 is 0. The van der Waals surface area contributed by atoms with Crippen LogP contribution in [0.5, 0.6) is 0 Å². The highest BCUT2D eigenvalue weighted by molar-refractivity contribution is 7.80. The predicted molar refractivity (Wildman–Crippen MR) is 70.8 cm³/mol. The summed E-state index contributed by atoms with van der Waals surface area (Å²) in [6.07, 6.45) is 0.275. The van der Waals surface area contributed by atoms with E-state index < -0.39 is 16.6 Å². The van der Waals surface area contributed by atoms with Crippen LogP contribution in [0.4, 0.5) is 0 Å². The van der Waals surface area contributed by atoms with Gasteiger partial charge in [-0.05, 0) is 0 Å². The first-order chi connectivity index (χ1) is 9.33. The van der Waals surface area contributed by atoms with Gasteiger partial charge < -0.3 is 9.66 Å². The third-order valence-corrected chi connectivity index (χ3v) is 3.39. The van der Waals surface area contributed by atoms with Gasteiger partial charge in [-0.2, -0.15) is 0 Å². The quantitative estimate of drug-likeness (QED) is 0.463. The SMILES string of the molecule is CNC1=[N+](C)[C@H](OS(=O)(=O)[O-])c2ccccc2C(O)=C1. The Morgan fingerprint density at radius 1 is 1.40 bits per heavy atom. The molecule has 1 aliphatic heterocycles. The van der Waals surface area contributed by atoms with Crippen molar-refractivity contribution < 1.29 is 26.8 Å². The van der Waals surface area contributed by atoms with Gasteiger partial charge in [-0.3, -0.25) is 5.32 Å². The van der Waals surface area contributed by atoms with Crippen LogP contribution >= 0.6 is 0 Å². The normalized spacial score (nSPS) is 19.1. The number of aliphatic hydroxyl groups is 1. The number of rotatable bonds is 2. The van der Waals surface area contributed by atoms with Gasteiger partial charge in [-0.15, -0.1) is 0 Å². The van der Waals surface area contributed by atoms with E-state index in [9.17, 15) is 18.1 Å². The van der Waals surface area contributed by atoms with E-state index in [1.807, 2.05) is 0 Å². The highest BCUT2D eigenvalue weighted by atomic mass is 32.3. The number of likely N-dealkylation sites (N-methyl/N-ethyl adjacent to an activating group) is 1. The molecule has 0 saturated carbocycles. The Bertz CT molecular complexity index is 694. The maximum atomic E-state index is 10.9. The van der Waals surface area contributed by atoms with Gasteiger partial charge in [0.15, 0.2) is 0 Å². The van der Waals surface area contributed by atoms with Crippen LogP contribution in [0.2, 0.25) is 0 Å². The van der Waals surface area contributed by atoms with Gasteiger partial charge in [0.2, 0.25) is 16.6 Å². The molecule has 1 aromatic rings. The van der Waals surface area contributed by atoms with Crippen molar-refractivity contribution in [3.8, 4) is 0 Å². The molecule has 1 aliphatic rings. The minimum Gasteiger partial charge on any atom is -0.725 e. The van der Waals surface area contributed by atoms with Crippen LogP contribution < -0.4 is 5.32 Å². The lowest BCUT2D eigenvalue weighted by Crippen LogP contribution is -2.31. The predicted octanol–water partition coefficient (Wildman–Crippen LogP) is 0.335. The molecule has 0 aliphatic carbocycles. The zero-order valence-electron chi connectivity index (χ0n) is 10.9. The number of hydrogen-bond donors (Lipinski definition) is 2. The van der Waals surface area contributed by atoms with Crippen molar-refractivity contribution in [1.82, 2.24) is 5.32 Å². The third-order valence-electron chi connectivity index (χ3n) is 2.97. The van der Waals surface area contributed by atoms with E-state index in [1.165, 1.54) is 10.7 Å². The van der Waals surface area contributed by atoms with Gasteiger partial charge in [0.1, 0.15) is 5.76 Å². The van der Waals surface area contributed by atoms with Crippen molar-refractivity contribution in [3.05, 3.63) is 41.5 Å². The Morgan fingerprint density at radius 2 is 2.05 bits per heavy atom. The van der Waals surface area contributed by atoms with Crippen LogP contribution in [0, 0.1) is 0 Å². The van der Waals surface area contributed by atoms with Gasteiger partial charge in [-0.25, -0.2) is 17.2 Å². The maximum absolute atomic E-state index is 10.9. The van der Waals surface area contributed by atoms with Crippen molar-refractivity contribution in [1.29, 1.82) is 0 Å². The summed E-state index contributed by atoms with van der Waals surface area (Å²) in [7, 11) is -1.75. The molecule has 20 heavy (non-hydrogen) atoms. The van der Waals surface area contributed by atoms with E-state index in [-0.39, 0.29) is 5.76 Å². The third kappa shape index (κ3) is 2.82. The molecule has 108 valence electrons. The number of hydrogen-bond acceptors (Lipinski definition) is 6. The second-order valence-electron chi connectivity index (χ2n) is 4.22. The number of nitrogens with one attached hydrogen (secondary N) is 1. The summed E-state index contributed by atoms with van der Waals surface area (Å²) in [5.74, 6) is 0.360. The zero-order valence-corrected chi connectivity index (χ0v) is 11.7. The molecule has 0 radical (unpaired) electrons. The molecule has 0 aromatic heterocycles. The summed E-state index contributed by atoms with van der Waals surface area (Å²) in [5, 5.41) is 12.9. The van der Waals surface area contributed by atoms with E-state index in [4.69, 9.17) is 0 Å². The second-order valence-corrected chi connectivity index (χ2v) is 5.23. The molecule has 2 rings (SSSR count). The largest absolute Gasteiger partial charge is 0.725 e. The molecular formula is C12H14N2O5S. The Kier molecular flexibility index (Phi) is 3.80. The molecule has 1 atom stereocenters.